The maximum atomic E-state index is 10.8. The Balaban J connectivity index is 1.47. The van der Waals surface area contributed by atoms with E-state index in [9.17, 15) is 10.2 Å². The highest BCUT2D eigenvalue weighted by atomic mass is 16.6. The molecular formula is C30H48O3. The summed E-state index contributed by atoms with van der Waals surface area (Å²) in [5.74, 6) is 1.67. The number of fused-ring (bicyclic) bond motifs is 4. The van der Waals surface area contributed by atoms with Gasteiger partial charge in [0.2, 0.25) is 0 Å². The van der Waals surface area contributed by atoms with Crippen LogP contribution < -0.4 is 0 Å². The van der Waals surface area contributed by atoms with E-state index in [4.69, 9.17) is 4.74 Å². The van der Waals surface area contributed by atoms with E-state index in [1.165, 1.54) is 38.5 Å². The minimum Gasteiger partial charge on any atom is -0.393 e. The van der Waals surface area contributed by atoms with E-state index in [-0.39, 0.29) is 28.5 Å². The Morgan fingerprint density at radius 3 is 2.36 bits per heavy atom. The number of hydrogen-bond acceptors (Lipinski definition) is 3. The van der Waals surface area contributed by atoms with Crippen LogP contribution in [-0.4, -0.2) is 28.7 Å². The summed E-state index contributed by atoms with van der Waals surface area (Å²) in [4.78, 5) is 0. The molecule has 33 heavy (non-hydrogen) atoms. The zero-order chi connectivity index (χ0) is 24.0. The Morgan fingerprint density at radius 1 is 0.939 bits per heavy atom. The molecule has 0 saturated heterocycles. The largest absolute Gasteiger partial charge is 0.393 e. The highest BCUT2D eigenvalue weighted by Gasteiger charge is 2.63. The smallest absolute Gasteiger partial charge is 0.177 e. The van der Waals surface area contributed by atoms with Crippen LogP contribution in [-0.2, 0) is 4.74 Å². The van der Waals surface area contributed by atoms with Gasteiger partial charge in [0.15, 0.2) is 6.29 Å². The van der Waals surface area contributed by atoms with Gasteiger partial charge in [0.25, 0.3) is 0 Å². The van der Waals surface area contributed by atoms with Gasteiger partial charge in [0, 0.05) is 0 Å². The molecule has 5 aliphatic rings. The lowest BCUT2D eigenvalue weighted by atomic mass is 9.43. The summed E-state index contributed by atoms with van der Waals surface area (Å²) in [6.45, 7) is 16.7. The second-order valence-electron chi connectivity index (χ2n) is 13.8. The van der Waals surface area contributed by atoms with E-state index in [0.29, 0.717) is 23.2 Å². The Labute approximate surface area is 202 Å². The van der Waals surface area contributed by atoms with Crippen molar-refractivity contribution < 1.29 is 14.9 Å². The van der Waals surface area contributed by atoms with Crippen LogP contribution in [0.2, 0.25) is 0 Å². The van der Waals surface area contributed by atoms with E-state index in [1.54, 1.807) is 11.1 Å². The minimum absolute atomic E-state index is 0.00468. The normalized spacial score (nSPS) is 50.2. The third-order valence-electron chi connectivity index (χ3n) is 12.4. The molecule has 0 amide bonds. The number of allylic oxidation sites excluding steroid dienone is 2. The molecule has 1 heterocycles. The summed E-state index contributed by atoms with van der Waals surface area (Å²) in [7, 11) is 0. The molecule has 0 spiro atoms. The van der Waals surface area contributed by atoms with Crippen LogP contribution in [0.15, 0.2) is 22.8 Å². The lowest BCUT2D eigenvalue weighted by Gasteiger charge is -2.62. The van der Waals surface area contributed by atoms with Crippen molar-refractivity contribution >= 4 is 0 Å². The van der Waals surface area contributed by atoms with Crippen molar-refractivity contribution in [3.8, 4) is 0 Å². The predicted octanol–water partition coefficient (Wildman–Crippen LogP) is 6.79. The van der Waals surface area contributed by atoms with Crippen LogP contribution in [0.1, 0.15) is 106 Å². The standard InChI is InChI=1S/C30H48O3/c1-18-8-10-23(33-26(18)32)19(2)20-12-16-30(7)22-9-11-24-27(3,4)25(31)14-15-28(24,5)21(22)13-17-29(20,30)6/h8,19-20,23-26,31-32H,9-17H2,1-7H3. The molecule has 2 N–H and O–H groups in total. The van der Waals surface area contributed by atoms with Crippen molar-refractivity contribution in [3.05, 3.63) is 22.8 Å². The summed E-state index contributed by atoms with van der Waals surface area (Å²) in [5.41, 5.74) is 5.37. The average molecular weight is 457 g/mol. The molecule has 2 saturated carbocycles. The number of hydrogen-bond donors (Lipinski definition) is 2. The fraction of sp³-hybridized carbons (Fsp3) is 0.867. The van der Waals surface area contributed by atoms with Crippen LogP contribution in [0.3, 0.4) is 0 Å². The van der Waals surface area contributed by atoms with E-state index >= 15 is 0 Å². The molecule has 0 aromatic carbocycles. The van der Waals surface area contributed by atoms with Crippen LogP contribution in [0, 0.1) is 39.4 Å². The molecule has 0 bridgehead atoms. The van der Waals surface area contributed by atoms with Crippen molar-refractivity contribution in [2.75, 3.05) is 0 Å². The maximum Gasteiger partial charge on any atom is 0.177 e. The lowest BCUT2D eigenvalue weighted by molar-refractivity contribution is -0.148. The van der Waals surface area contributed by atoms with Gasteiger partial charge >= 0.3 is 0 Å². The van der Waals surface area contributed by atoms with Crippen molar-refractivity contribution in [2.24, 2.45) is 39.4 Å². The fourth-order valence-electron chi connectivity index (χ4n) is 9.89. The fourth-order valence-corrected chi connectivity index (χ4v) is 9.89. The summed E-state index contributed by atoms with van der Waals surface area (Å²) in [6, 6.07) is 0. The van der Waals surface area contributed by atoms with Crippen LogP contribution in [0.4, 0.5) is 0 Å². The van der Waals surface area contributed by atoms with Crippen molar-refractivity contribution in [1.29, 1.82) is 0 Å². The van der Waals surface area contributed by atoms with Crippen LogP contribution >= 0.6 is 0 Å². The van der Waals surface area contributed by atoms with Gasteiger partial charge < -0.3 is 14.9 Å². The van der Waals surface area contributed by atoms with Crippen LogP contribution in [0.5, 0.6) is 0 Å². The molecule has 2 fully saturated rings. The molecule has 3 heteroatoms. The second kappa shape index (κ2) is 7.68. The molecular weight excluding hydrogens is 408 g/mol. The number of aliphatic hydroxyl groups excluding tert-OH is 2. The maximum absolute atomic E-state index is 10.8. The Kier molecular flexibility index (Phi) is 5.60. The highest BCUT2D eigenvalue weighted by Crippen LogP contribution is 2.72. The zero-order valence-electron chi connectivity index (χ0n) is 22.2. The molecule has 0 aromatic rings. The summed E-state index contributed by atoms with van der Waals surface area (Å²) < 4.78 is 6.11. The third-order valence-corrected chi connectivity index (χ3v) is 12.4. The van der Waals surface area contributed by atoms with Gasteiger partial charge in [0.05, 0.1) is 12.2 Å². The zero-order valence-corrected chi connectivity index (χ0v) is 22.2. The average Bonchev–Trinajstić information content (AvgIpc) is 3.04. The first-order valence-electron chi connectivity index (χ1n) is 13.8. The molecule has 9 atom stereocenters. The van der Waals surface area contributed by atoms with Gasteiger partial charge in [-0.3, -0.25) is 0 Å². The Hall–Kier alpha value is -0.640. The first-order chi connectivity index (χ1) is 15.4. The van der Waals surface area contributed by atoms with Gasteiger partial charge in [-0.2, -0.15) is 0 Å². The van der Waals surface area contributed by atoms with Gasteiger partial charge in [0.1, 0.15) is 0 Å². The molecule has 0 radical (unpaired) electrons. The molecule has 1 aliphatic heterocycles. The lowest BCUT2D eigenvalue weighted by Crippen LogP contribution is -2.55. The summed E-state index contributed by atoms with van der Waals surface area (Å²) in [5, 5.41) is 21.2. The van der Waals surface area contributed by atoms with Gasteiger partial charge in [-0.05, 0) is 110 Å². The predicted molar refractivity (Wildman–Crippen MR) is 133 cm³/mol. The third kappa shape index (κ3) is 3.17. The van der Waals surface area contributed by atoms with E-state index in [1.807, 2.05) is 6.92 Å². The second-order valence-corrected chi connectivity index (χ2v) is 13.8. The van der Waals surface area contributed by atoms with E-state index in [2.05, 4.69) is 47.6 Å². The SMILES string of the molecule is CC1=CCC(C(C)C2CCC3(C)C4=C(CCC23C)C2(C)CCC(O)C(C)(C)C2CC4)OC1O. The number of rotatable bonds is 2. The molecule has 4 aliphatic carbocycles. The summed E-state index contributed by atoms with van der Waals surface area (Å²) >= 11 is 0. The van der Waals surface area contributed by atoms with Gasteiger partial charge in [-0.15, -0.1) is 0 Å². The van der Waals surface area contributed by atoms with Gasteiger partial charge in [-0.25, -0.2) is 0 Å². The van der Waals surface area contributed by atoms with E-state index < -0.39 is 6.29 Å². The summed E-state index contributed by atoms with van der Waals surface area (Å²) in [6.07, 6.45) is 11.9. The topological polar surface area (TPSA) is 49.7 Å². The minimum atomic E-state index is -0.729. The molecule has 0 aromatic heterocycles. The van der Waals surface area contributed by atoms with Gasteiger partial charge in [-0.1, -0.05) is 58.8 Å². The molecule has 9 unspecified atom stereocenters. The van der Waals surface area contributed by atoms with Crippen molar-refractivity contribution in [1.82, 2.24) is 0 Å². The Bertz CT molecular complexity index is 870. The first-order valence-corrected chi connectivity index (χ1v) is 13.8. The molecule has 186 valence electrons. The van der Waals surface area contributed by atoms with Crippen LogP contribution in [0.25, 0.3) is 0 Å². The Morgan fingerprint density at radius 2 is 1.67 bits per heavy atom. The number of ether oxygens (including phenoxy) is 1. The monoisotopic (exact) mass is 456 g/mol. The van der Waals surface area contributed by atoms with Crippen molar-refractivity contribution in [2.45, 2.75) is 125 Å². The van der Waals surface area contributed by atoms with Crippen molar-refractivity contribution in [3.63, 3.8) is 0 Å². The highest BCUT2D eigenvalue weighted by molar-refractivity contribution is 5.38. The van der Waals surface area contributed by atoms with E-state index in [0.717, 1.165) is 24.8 Å². The number of aliphatic hydroxyl groups is 2. The molecule has 5 rings (SSSR count). The molecule has 3 nitrogen and oxygen atoms in total. The quantitative estimate of drug-likeness (QED) is 0.450. The first kappa shape index (κ1) is 24.1.